The molecule has 1 aliphatic heterocycles. The lowest BCUT2D eigenvalue weighted by molar-refractivity contribution is -0.119. The first-order valence-electron chi connectivity index (χ1n) is 11.4. The van der Waals surface area contributed by atoms with Gasteiger partial charge in [-0.3, -0.25) is 0 Å². The number of nitrogens with zero attached hydrogens (tertiary/aromatic N) is 2. The number of anilines is 1. The Morgan fingerprint density at radius 3 is 2.27 bits per heavy atom. The fourth-order valence-electron chi connectivity index (χ4n) is 6.01. The molecule has 1 aliphatic carbocycles. The standard InChI is InChI=1S/C28H28N2O3/c1-28(2)20-9-5-7-11-22(20)29(3)24(28)15-19-26(32)25(27(19)33)30-21-10-6-4-8-17(21)18-13-12-16(31)14-23(18)30/h4-15,19,25-27,31-33H,1-3H3. The Labute approximate surface area is 192 Å². The van der Waals surface area contributed by atoms with Gasteiger partial charge in [0.25, 0.3) is 0 Å². The Morgan fingerprint density at radius 1 is 0.848 bits per heavy atom. The SMILES string of the molecule is CN1C(=CC2C(O)C(n3c4ccccc4c4ccc(O)cc43)C2O)C(C)(C)c2ccccc21. The van der Waals surface area contributed by atoms with Crippen LogP contribution in [-0.4, -0.2) is 39.1 Å². The number of para-hydroxylation sites is 2. The number of hydrogen-bond donors (Lipinski definition) is 3. The summed E-state index contributed by atoms with van der Waals surface area (Å²) in [6, 6.07) is 21.1. The second kappa shape index (κ2) is 6.86. The summed E-state index contributed by atoms with van der Waals surface area (Å²) in [6.07, 6.45) is 0.556. The first-order valence-corrected chi connectivity index (χ1v) is 11.4. The number of aromatic nitrogens is 1. The summed E-state index contributed by atoms with van der Waals surface area (Å²) in [7, 11) is 2.05. The average molecular weight is 441 g/mol. The van der Waals surface area contributed by atoms with Crippen LogP contribution in [0.2, 0.25) is 0 Å². The van der Waals surface area contributed by atoms with Gasteiger partial charge in [0.15, 0.2) is 0 Å². The number of aliphatic hydroxyl groups is 2. The smallest absolute Gasteiger partial charge is 0.117 e. The van der Waals surface area contributed by atoms with E-state index >= 15 is 0 Å². The molecule has 5 nitrogen and oxygen atoms in total. The van der Waals surface area contributed by atoms with Crippen LogP contribution in [0.25, 0.3) is 21.8 Å². The minimum atomic E-state index is -0.748. The molecule has 2 unspecified atom stereocenters. The molecule has 168 valence electrons. The van der Waals surface area contributed by atoms with E-state index in [0.717, 1.165) is 33.2 Å². The number of fused-ring (bicyclic) bond motifs is 4. The second-order valence-corrected chi connectivity index (χ2v) is 9.89. The van der Waals surface area contributed by atoms with Crippen LogP contribution in [0.5, 0.6) is 5.75 Å². The average Bonchev–Trinajstić information content (AvgIpc) is 3.21. The Hall–Kier alpha value is -3.28. The van der Waals surface area contributed by atoms with Crippen molar-refractivity contribution in [1.82, 2.24) is 4.57 Å². The van der Waals surface area contributed by atoms with Gasteiger partial charge in [-0.1, -0.05) is 56.3 Å². The van der Waals surface area contributed by atoms with Crippen LogP contribution in [0.3, 0.4) is 0 Å². The molecule has 2 atom stereocenters. The zero-order chi connectivity index (χ0) is 23.1. The summed E-state index contributed by atoms with van der Waals surface area (Å²) in [4.78, 5) is 2.17. The monoisotopic (exact) mass is 440 g/mol. The van der Waals surface area contributed by atoms with Crippen molar-refractivity contribution in [2.75, 3.05) is 11.9 Å². The van der Waals surface area contributed by atoms with Gasteiger partial charge >= 0.3 is 0 Å². The van der Waals surface area contributed by atoms with Crippen molar-refractivity contribution >= 4 is 27.5 Å². The zero-order valence-electron chi connectivity index (χ0n) is 19.0. The number of aliphatic hydroxyl groups excluding tert-OH is 2. The molecule has 0 saturated heterocycles. The number of hydrogen-bond acceptors (Lipinski definition) is 4. The molecule has 1 aromatic heterocycles. The van der Waals surface area contributed by atoms with E-state index in [-0.39, 0.29) is 17.1 Å². The molecule has 1 fully saturated rings. The Morgan fingerprint density at radius 2 is 1.52 bits per heavy atom. The first-order chi connectivity index (χ1) is 15.8. The Balaban J connectivity index is 1.42. The van der Waals surface area contributed by atoms with E-state index in [4.69, 9.17) is 0 Å². The van der Waals surface area contributed by atoms with Gasteiger partial charge in [0.2, 0.25) is 0 Å². The summed E-state index contributed by atoms with van der Waals surface area (Å²) >= 11 is 0. The van der Waals surface area contributed by atoms with Crippen molar-refractivity contribution in [1.29, 1.82) is 0 Å². The molecule has 0 spiro atoms. The van der Waals surface area contributed by atoms with Crippen LogP contribution < -0.4 is 4.90 Å². The predicted octanol–water partition coefficient (Wildman–Crippen LogP) is 4.70. The van der Waals surface area contributed by atoms with Gasteiger partial charge in [-0.05, 0) is 29.8 Å². The van der Waals surface area contributed by atoms with Crippen LogP contribution in [0.15, 0.2) is 78.5 Å². The lowest BCUT2D eigenvalue weighted by Gasteiger charge is -2.47. The van der Waals surface area contributed by atoms with E-state index in [0.29, 0.717) is 0 Å². The highest BCUT2D eigenvalue weighted by molar-refractivity contribution is 6.08. The number of aromatic hydroxyl groups is 1. The predicted molar refractivity (Wildman–Crippen MR) is 132 cm³/mol. The maximum Gasteiger partial charge on any atom is 0.117 e. The van der Waals surface area contributed by atoms with Crippen molar-refractivity contribution in [2.45, 2.75) is 37.5 Å². The van der Waals surface area contributed by atoms with E-state index in [2.05, 4.69) is 43.0 Å². The lowest BCUT2D eigenvalue weighted by atomic mass is 9.71. The van der Waals surface area contributed by atoms with Crippen LogP contribution in [0.1, 0.15) is 25.5 Å². The maximum absolute atomic E-state index is 11.3. The lowest BCUT2D eigenvalue weighted by Crippen LogP contribution is -2.55. The van der Waals surface area contributed by atoms with E-state index in [1.165, 1.54) is 5.56 Å². The fourth-order valence-corrected chi connectivity index (χ4v) is 6.01. The molecule has 1 saturated carbocycles. The van der Waals surface area contributed by atoms with Crippen LogP contribution in [0.4, 0.5) is 5.69 Å². The molecule has 33 heavy (non-hydrogen) atoms. The van der Waals surface area contributed by atoms with Crippen LogP contribution in [-0.2, 0) is 5.41 Å². The fraction of sp³-hybridized carbons (Fsp3) is 0.286. The Kier molecular flexibility index (Phi) is 4.23. The van der Waals surface area contributed by atoms with Gasteiger partial charge in [-0.2, -0.15) is 0 Å². The van der Waals surface area contributed by atoms with Crippen molar-refractivity contribution in [3.05, 3.63) is 84.1 Å². The summed E-state index contributed by atoms with van der Waals surface area (Å²) in [6.45, 7) is 4.37. The van der Waals surface area contributed by atoms with E-state index in [1.54, 1.807) is 12.1 Å². The summed E-state index contributed by atoms with van der Waals surface area (Å²) < 4.78 is 1.99. The van der Waals surface area contributed by atoms with Crippen LogP contribution >= 0.6 is 0 Å². The molecule has 0 bridgehead atoms. The molecule has 3 aromatic carbocycles. The number of rotatable bonds is 2. The molecule has 5 heteroatoms. The highest BCUT2D eigenvalue weighted by Crippen LogP contribution is 2.50. The number of allylic oxidation sites excluding steroid dienone is 1. The molecule has 2 heterocycles. The summed E-state index contributed by atoms with van der Waals surface area (Å²) in [5.74, 6) is -0.213. The Bertz CT molecular complexity index is 1420. The minimum Gasteiger partial charge on any atom is -0.508 e. The van der Waals surface area contributed by atoms with Crippen molar-refractivity contribution in [2.24, 2.45) is 5.92 Å². The third-order valence-corrected chi connectivity index (χ3v) is 7.77. The van der Waals surface area contributed by atoms with E-state index in [1.807, 2.05) is 48.0 Å². The van der Waals surface area contributed by atoms with Gasteiger partial charge in [-0.25, -0.2) is 0 Å². The van der Waals surface area contributed by atoms with Gasteiger partial charge in [-0.15, -0.1) is 0 Å². The molecular formula is C28H28N2O3. The molecule has 0 radical (unpaired) electrons. The largest absolute Gasteiger partial charge is 0.508 e. The zero-order valence-corrected chi connectivity index (χ0v) is 19.0. The highest BCUT2D eigenvalue weighted by atomic mass is 16.3. The van der Waals surface area contributed by atoms with E-state index in [9.17, 15) is 15.3 Å². The quantitative estimate of drug-likeness (QED) is 0.423. The number of benzene rings is 3. The van der Waals surface area contributed by atoms with Gasteiger partial charge in [0.1, 0.15) is 5.75 Å². The molecule has 3 N–H and O–H groups in total. The molecule has 4 aromatic rings. The third kappa shape index (κ3) is 2.66. The third-order valence-electron chi connectivity index (χ3n) is 7.77. The first kappa shape index (κ1) is 20.3. The van der Waals surface area contributed by atoms with Crippen molar-refractivity contribution in [3.63, 3.8) is 0 Å². The van der Waals surface area contributed by atoms with Gasteiger partial charge < -0.3 is 24.8 Å². The number of phenols is 1. The number of likely N-dealkylation sites (N-methyl/N-ethyl adjacent to an activating group) is 1. The summed E-state index contributed by atoms with van der Waals surface area (Å²) in [5.41, 5.74) is 5.04. The maximum atomic E-state index is 11.3. The van der Waals surface area contributed by atoms with Crippen LogP contribution in [0, 0.1) is 5.92 Å². The molecular weight excluding hydrogens is 412 g/mol. The van der Waals surface area contributed by atoms with E-state index < -0.39 is 18.2 Å². The van der Waals surface area contributed by atoms with Crippen molar-refractivity contribution in [3.8, 4) is 5.75 Å². The molecule has 0 amide bonds. The number of phenolic OH excluding ortho intramolecular Hbond substituents is 1. The van der Waals surface area contributed by atoms with Gasteiger partial charge in [0.05, 0.1) is 23.8 Å². The van der Waals surface area contributed by atoms with Crippen molar-refractivity contribution < 1.29 is 15.3 Å². The summed E-state index contributed by atoms with van der Waals surface area (Å²) in [5, 5.41) is 34.8. The minimum absolute atomic E-state index is 0.167. The van der Waals surface area contributed by atoms with Gasteiger partial charge in [0, 0.05) is 52.1 Å². The highest BCUT2D eigenvalue weighted by Gasteiger charge is 2.51. The topological polar surface area (TPSA) is 68.9 Å². The second-order valence-electron chi connectivity index (χ2n) is 9.89. The molecule has 6 rings (SSSR count). The molecule has 2 aliphatic rings. The normalized spacial score (nSPS) is 27.3.